The van der Waals surface area contributed by atoms with Crippen molar-refractivity contribution in [2.45, 2.75) is 19.6 Å². The van der Waals surface area contributed by atoms with Gasteiger partial charge in [0.25, 0.3) is 5.91 Å². The summed E-state index contributed by atoms with van der Waals surface area (Å²) >= 11 is 5.86. The van der Waals surface area contributed by atoms with Crippen molar-refractivity contribution in [1.82, 2.24) is 4.72 Å². The van der Waals surface area contributed by atoms with Crippen LogP contribution in [0, 0.1) is 0 Å². The van der Waals surface area contributed by atoms with Crippen molar-refractivity contribution < 1.29 is 13.2 Å². The highest BCUT2D eigenvalue weighted by Crippen LogP contribution is 2.17. The molecular formula is C12H14ClNO3S. The highest BCUT2D eigenvalue weighted by molar-refractivity contribution is 7.89. The zero-order valence-electron chi connectivity index (χ0n) is 10.1. The van der Waals surface area contributed by atoms with Gasteiger partial charge in [-0.2, -0.15) is 0 Å². The lowest BCUT2D eigenvalue weighted by atomic mass is 10.2. The third-order valence-electron chi connectivity index (χ3n) is 1.98. The highest BCUT2D eigenvalue weighted by atomic mass is 35.5. The van der Waals surface area contributed by atoms with Crippen LogP contribution in [0.2, 0.25) is 5.02 Å². The van der Waals surface area contributed by atoms with Crippen molar-refractivity contribution >= 4 is 27.5 Å². The Hall–Kier alpha value is -1.33. The summed E-state index contributed by atoms with van der Waals surface area (Å²) in [7, 11) is -3.73. The number of hydrogen-bond acceptors (Lipinski definition) is 3. The number of rotatable bonds is 4. The van der Waals surface area contributed by atoms with Crippen LogP contribution in [-0.2, 0) is 20.6 Å². The fraction of sp³-hybridized carbons (Fsp3) is 0.250. The number of amides is 1. The van der Waals surface area contributed by atoms with Gasteiger partial charge >= 0.3 is 0 Å². The van der Waals surface area contributed by atoms with Gasteiger partial charge in [-0.25, -0.2) is 13.1 Å². The second kappa shape index (κ2) is 6.02. The minimum Gasteiger partial charge on any atom is -0.269 e. The molecule has 0 heterocycles. The minimum atomic E-state index is -3.73. The van der Waals surface area contributed by atoms with Crippen molar-refractivity contribution in [3.05, 3.63) is 46.5 Å². The molecule has 1 aromatic carbocycles. The quantitative estimate of drug-likeness (QED) is 0.864. The summed E-state index contributed by atoms with van der Waals surface area (Å²) < 4.78 is 25.4. The Balaban J connectivity index is 2.81. The van der Waals surface area contributed by atoms with Crippen molar-refractivity contribution in [2.75, 3.05) is 0 Å². The van der Waals surface area contributed by atoms with Gasteiger partial charge in [0.1, 0.15) is 0 Å². The maximum absolute atomic E-state index is 11.7. The van der Waals surface area contributed by atoms with Crippen LogP contribution in [-0.4, -0.2) is 14.3 Å². The van der Waals surface area contributed by atoms with Gasteiger partial charge in [-0.05, 0) is 25.5 Å². The van der Waals surface area contributed by atoms with E-state index in [0.29, 0.717) is 10.6 Å². The summed E-state index contributed by atoms with van der Waals surface area (Å²) in [6.45, 7) is 3.42. The Morgan fingerprint density at radius 3 is 2.50 bits per heavy atom. The largest absolute Gasteiger partial charge is 0.269 e. The molecule has 0 saturated carbocycles. The molecule has 1 rings (SSSR count). The minimum absolute atomic E-state index is 0.324. The van der Waals surface area contributed by atoms with Gasteiger partial charge < -0.3 is 0 Å². The third-order valence-corrected chi connectivity index (χ3v) is 3.55. The van der Waals surface area contributed by atoms with Crippen LogP contribution in [0.5, 0.6) is 0 Å². The maximum atomic E-state index is 11.7. The molecule has 0 aromatic heterocycles. The zero-order valence-corrected chi connectivity index (χ0v) is 11.7. The van der Waals surface area contributed by atoms with Crippen LogP contribution in [0.15, 0.2) is 35.9 Å². The summed E-state index contributed by atoms with van der Waals surface area (Å²) in [5, 5.41) is 0.359. The van der Waals surface area contributed by atoms with Gasteiger partial charge in [0.05, 0.1) is 5.75 Å². The Labute approximate surface area is 112 Å². The van der Waals surface area contributed by atoms with Crippen LogP contribution < -0.4 is 4.72 Å². The first-order valence-electron chi connectivity index (χ1n) is 5.23. The Bertz CT molecular complexity index is 575. The van der Waals surface area contributed by atoms with Gasteiger partial charge in [-0.15, -0.1) is 0 Å². The van der Waals surface area contributed by atoms with Gasteiger partial charge in [0, 0.05) is 11.1 Å². The topological polar surface area (TPSA) is 63.2 Å². The first-order chi connectivity index (χ1) is 8.30. The van der Waals surface area contributed by atoms with E-state index < -0.39 is 15.9 Å². The predicted octanol–water partition coefficient (Wildman–Crippen LogP) is 2.25. The van der Waals surface area contributed by atoms with Crippen LogP contribution in [0.25, 0.3) is 0 Å². The first kappa shape index (κ1) is 14.7. The number of carbonyl (C=O) groups excluding carboxylic acids is 1. The average Bonchev–Trinajstić information content (AvgIpc) is 2.18. The molecule has 0 radical (unpaired) electrons. The summed E-state index contributed by atoms with van der Waals surface area (Å²) in [5.41, 5.74) is 1.18. The molecule has 0 aliphatic rings. The van der Waals surface area contributed by atoms with Gasteiger partial charge in [0.2, 0.25) is 10.0 Å². The number of sulfonamides is 1. The van der Waals surface area contributed by atoms with Crippen molar-refractivity contribution in [3.8, 4) is 0 Å². The van der Waals surface area contributed by atoms with Gasteiger partial charge in [-0.3, -0.25) is 4.79 Å². The summed E-state index contributed by atoms with van der Waals surface area (Å²) in [4.78, 5) is 11.3. The summed E-state index contributed by atoms with van der Waals surface area (Å²) in [5.74, 6) is -0.975. The summed E-state index contributed by atoms with van der Waals surface area (Å²) in [6, 6.07) is 6.60. The average molecular weight is 288 g/mol. The van der Waals surface area contributed by atoms with E-state index in [1.807, 2.05) is 4.72 Å². The molecule has 4 nitrogen and oxygen atoms in total. The van der Waals surface area contributed by atoms with Crippen LogP contribution >= 0.6 is 11.6 Å². The fourth-order valence-electron chi connectivity index (χ4n) is 1.30. The van der Waals surface area contributed by atoms with E-state index in [-0.39, 0.29) is 5.75 Å². The number of allylic oxidation sites excluding steroid dienone is 1. The van der Waals surface area contributed by atoms with E-state index in [2.05, 4.69) is 0 Å². The van der Waals surface area contributed by atoms with E-state index in [4.69, 9.17) is 11.6 Å². The highest BCUT2D eigenvalue weighted by Gasteiger charge is 2.15. The van der Waals surface area contributed by atoms with E-state index in [1.54, 1.807) is 38.1 Å². The van der Waals surface area contributed by atoms with Crippen LogP contribution in [0.3, 0.4) is 0 Å². The molecule has 0 fully saturated rings. The molecule has 6 heteroatoms. The molecule has 0 aliphatic heterocycles. The SMILES string of the molecule is CC(C)=CC(=O)NS(=O)(=O)Cc1ccccc1Cl. The molecule has 0 spiro atoms. The van der Waals surface area contributed by atoms with Crippen molar-refractivity contribution in [2.24, 2.45) is 0 Å². The fourth-order valence-corrected chi connectivity index (χ4v) is 2.68. The molecule has 18 heavy (non-hydrogen) atoms. The first-order valence-corrected chi connectivity index (χ1v) is 7.26. The lowest BCUT2D eigenvalue weighted by molar-refractivity contribution is -0.114. The molecule has 0 unspecified atom stereocenters. The molecule has 1 N–H and O–H groups in total. The normalized spacial score (nSPS) is 10.8. The lowest BCUT2D eigenvalue weighted by Gasteiger charge is -2.06. The van der Waals surface area contributed by atoms with Crippen LogP contribution in [0.4, 0.5) is 0 Å². The van der Waals surface area contributed by atoms with E-state index in [1.165, 1.54) is 6.08 Å². The number of benzene rings is 1. The third kappa shape index (κ3) is 4.89. The van der Waals surface area contributed by atoms with Gasteiger partial charge in [0.15, 0.2) is 0 Å². The number of carbonyl (C=O) groups is 1. The molecule has 0 bridgehead atoms. The number of nitrogens with one attached hydrogen (secondary N) is 1. The van der Waals surface area contributed by atoms with E-state index in [0.717, 1.165) is 5.57 Å². The molecule has 0 aliphatic carbocycles. The predicted molar refractivity (Wildman–Crippen MR) is 71.6 cm³/mol. The smallest absolute Gasteiger partial charge is 0.257 e. The Morgan fingerprint density at radius 2 is 1.94 bits per heavy atom. The van der Waals surface area contributed by atoms with Gasteiger partial charge in [-0.1, -0.05) is 35.4 Å². The Kier molecular flexibility index (Phi) is 4.93. The zero-order chi connectivity index (χ0) is 13.8. The van der Waals surface area contributed by atoms with E-state index in [9.17, 15) is 13.2 Å². The second-order valence-electron chi connectivity index (χ2n) is 4.04. The standard InChI is InChI=1S/C12H14ClNO3S/c1-9(2)7-12(15)14-18(16,17)8-10-5-3-4-6-11(10)13/h3-7H,8H2,1-2H3,(H,14,15). The number of hydrogen-bond donors (Lipinski definition) is 1. The molecular weight excluding hydrogens is 274 g/mol. The molecule has 1 aromatic rings. The lowest BCUT2D eigenvalue weighted by Crippen LogP contribution is -2.30. The summed E-state index contributed by atoms with van der Waals surface area (Å²) in [6.07, 6.45) is 1.23. The molecule has 1 amide bonds. The maximum Gasteiger partial charge on any atom is 0.257 e. The molecule has 98 valence electrons. The van der Waals surface area contributed by atoms with Crippen molar-refractivity contribution in [1.29, 1.82) is 0 Å². The molecule has 0 atom stereocenters. The van der Waals surface area contributed by atoms with Crippen LogP contribution in [0.1, 0.15) is 19.4 Å². The molecule has 0 saturated heterocycles. The van der Waals surface area contributed by atoms with Crippen molar-refractivity contribution in [3.63, 3.8) is 0 Å². The Morgan fingerprint density at radius 1 is 1.33 bits per heavy atom. The number of halogens is 1. The second-order valence-corrected chi connectivity index (χ2v) is 6.17. The monoisotopic (exact) mass is 287 g/mol. The van der Waals surface area contributed by atoms with E-state index >= 15 is 0 Å².